The lowest BCUT2D eigenvalue weighted by molar-refractivity contribution is -0.282. The molecule has 56 heavy (non-hydrogen) atoms. The molecule has 0 radical (unpaired) electrons. The zero-order valence-corrected chi connectivity index (χ0v) is 30.6. The Morgan fingerprint density at radius 3 is 2.29 bits per heavy atom. The highest BCUT2D eigenvalue weighted by Crippen LogP contribution is 2.46. The molecule has 2 fully saturated rings. The topological polar surface area (TPSA) is 232 Å². The number of ketones is 2. The van der Waals surface area contributed by atoms with Gasteiger partial charge in [-0.05, 0) is 59.2 Å². The van der Waals surface area contributed by atoms with Gasteiger partial charge in [0.25, 0.3) is 0 Å². The first kappa shape index (κ1) is 39.0. The number of fused-ring (bicyclic) bond motifs is 2. The van der Waals surface area contributed by atoms with Crippen LogP contribution in [-0.2, 0) is 22.6 Å². The van der Waals surface area contributed by atoms with Gasteiger partial charge >= 0.3 is 5.97 Å². The number of phenols is 1. The summed E-state index contributed by atoms with van der Waals surface area (Å²) in [6.45, 7) is 0.474. The Morgan fingerprint density at radius 1 is 0.875 bits per heavy atom. The molecule has 0 spiro atoms. The van der Waals surface area contributed by atoms with Gasteiger partial charge in [0, 0.05) is 41.2 Å². The standard InChI is InChI=1S/C43H44N2O11/c1-21(47)54-30-18-26(20-46)32-33(27(30)15-14-22-8-3-2-4-9-22)36(49)29-19-31(55-43-40(53)38(51)39(52)41(56-43)24-11-5-6-12-24)28(35(48)34(29)37(32)50)17-23-10-7-13-25(16-23)42(44)45/h2-4,7-10,13-16,18-19,24,38-43,46,48,51-53H,5-6,11-12,17,20,44-45H2,1H3/b15-14+/t38-,39+,40-,41+,43+/m1/s1. The van der Waals surface area contributed by atoms with Crippen molar-refractivity contribution in [2.75, 3.05) is 0 Å². The molecule has 1 saturated heterocycles. The Balaban J connectivity index is 1.40. The first-order chi connectivity index (χ1) is 26.9. The van der Waals surface area contributed by atoms with E-state index in [0.29, 0.717) is 11.1 Å². The molecule has 3 aliphatic rings. The van der Waals surface area contributed by atoms with Gasteiger partial charge < -0.3 is 51.2 Å². The largest absolute Gasteiger partial charge is 0.507 e. The van der Waals surface area contributed by atoms with Crippen molar-refractivity contribution in [3.05, 3.63) is 122 Å². The summed E-state index contributed by atoms with van der Waals surface area (Å²) in [6.07, 6.45) is -1.58. The fourth-order valence-corrected chi connectivity index (χ4v) is 8.01. The number of esters is 1. The first-order valence-corrected chi connectivity index (χ1v) is 18.5. The van der Waals surface area contributed by atoms with Crippen molar-refractivity contribution in [1.29, 1.82) is 0 Å². The third-order valence-electron chi connectivity index (χ3n) is 10.8. The second-order valence-corrected chi connectivity index (χ2v) is 14.5. The summed E-state index contributed by atoms with van der Waals surface area (Å²) in [4.78, 5) is 41.7. The highest BCUT2D eigenvalue weighted by Gasteiger charge is 2.48. The molecule has 9 N–H and O–H groups in total. The third kappa shape index (κ3) is 7.38. The van der Waals surface area contributed by atoms with Crippen molar-refractivity contribution in [3.63, 3.8) is 0 Å². The number of nitrogens with two attached hydrogens (primary N) is 2. The van der Waals surface area contributed by atoms with E-state index in [1.54, 1.807) is 30.3 Å². The van der Waals surface area contributed by atoms with Crippen LogP contribution in [0.5, 0.6) is 17.2 Å². The highest BCUT2D eigenvalue weighted by molar-refractivity contribution is 6.31. The number of aliphatic hydroxyl groups is 4. The van der Waals surface area contributed by atoms with Crippen LogP contribution in [0.1, 0.15) is 104 Å². The fourth-order valence-electron chi connectivity index (χ4n) is 8.01. The van der Waals surface area contributed by atoms with E-state index in [-0.39, 0.29) is 62.8 Å². The van der Waals surface area contributed by atoms with E-state index in [2.05, 4.69) is 0 Å². The normalized spacial score (nSPS) is 22.4. The fraction of sp³-hybridized carbons (Fsp3) is 0.326. The Bertz CT molecular complexity index is 2200. The number of aliphatic hydroxyl groups excluding tert-OH is 4. The van der Waals surface area contributed by atoms with Gasteiger partial charge in [-0.3, -0.25) is 14.4 Å². The van der Waals surface area contributed by atoms with Gasteiger partial charge in [-0.2, -0.15) is 0 Å². The minimum Gasteiger partial charge on any atom is -0.507 e. The molecule has 1 saturated carbocycles. The predicted octanol–water partition coefficient (Wildman–Crippen LogP) is 3.64. The molecule has 13 nitrogen and oxygen atoms in total. The van der Waals surface area contributed by atoms with Crippen LogP contribution < -0.4 is 20.9 Å². The molecule has 13 heteroatoms. The molecule has 0 amide bonds. The van der Waals surface area contributed by atoms with Gasteiger partial charge in [-0.15, -0.1) is 0 Å². The lowest BCUT2D eigenvalue weighted by Gasteiger charge is -2.42. The van der Waals surface area contributed by atoms with Crippen LogP contribution in [0.15, 0.2) is 66.7 Å². The van der Waals surface area contributed by atoms with E-state index in [1.165, 1.54) is 25.1 Å². The van der Waals surface area contributed by atoms with Crippen LogP contribution >= 0.6 is 0 Å². The molecule has 4 aromatic rings. The Hall–Kier alpha value is -5.25. The molecule has 4 aromatic carbocycles. The number of carbonyl (C=O) groups is 3. The number of hydrogen-bond donors (Lipinski definition) is 7. The first-order valence-electron chi connectivity index (χ1n) is 18.5. The van der Waals surface area contributed by atoms with Crippen molar-refractivity contribution in [2.24, 2.45) is 17.4 Å². The maximum absolute atomic E-state index is 14.8. The zero-order valence-electron chi connectivity index (χ0n) is 30.6. The average molecular weight is 765 g/mol. The van der Waals surface area contributed by atoms with Gasteiger partial charge in [-0.1, -0.05) is 73.5 Å². The van der Waals surface area contributed by atoms with Crippen molar-refractivity contribution in [3.8, 4) is 17.2 Å². The number of ether oxygens (including phenoxy) is 3. The van der Waals surface area contributed by atoms with E-state index in [1.807, 2.05) is 30.3 Å². The van der Waals surface area contributed by atoms with Crippen LogP contribution in [0.2, 0.25) is 0 Å². The molecule has 7 rings (SSSR count). The molecule has 5 atom stereocenters. The van der Waals surface area contributed by atoms with Crippen molar-refractivity contribution in [1.82, 2.24) is 0 Å². The van der Waals surface area contributed by atoms with Crippen LogP contribution in [0.4, 0.5) is 0 Å². The molecule has 1 heterocycles. The number of benzene rings is 4. The van der Waals surface area contributed by atoms with E-state index >= 15 is 0 Å². The van der Waals surface area contributed by atoms with Crippen LogP contribution in [0, 0.1) is 5.92 Å². The van der Waals surface area contributed by atoms with Gasteiger partial charge in [0.2, 0.25) is 6.29 Å². The number of carbonyl (C=O) groups excluding carboxylic acids is 3. The highest BCUT2D eigenvalue weighted by atomic mass is 16.7. The quantitative estimate of drug-likeness (QED) is 0.0467. The van der Waals surface area contributed by atoms with Gasteiger partial charge in [0.15, 0.2) is 11.6 Å². The van der Waals surface area contributed by atoms with E-state index in [0.717, 1.165) is 31.2 Å². The van der Waals surface area contributed by atoms with Crippen LogP contribution in [0.25, 0.3) is 12.2 Å². The number of aromatic hydroxyl groups is 1. The summed E-state index contributed by atoms with van der Waals surface area (Å²) in [5, 5.41) is 55.6. The molecule has 292 valence electrons. The van der Waals surface area contributed by atoms with Crippen LogP contribution in [-0.4, -0.2) is 73.8 Å². The van der Waals surface area contributed by atoms with Gasteiger partial charge in [-0.25, -0.2) is 0 Å². The maximum atomic E-state index is 14.8. The summed E-state index contributed by atoms with van der Waals surface area (Å²) in [5.74, 6) is -3.16. The SMILES string of the molecule is CC(=O)Oc1cc(CO)c2c(c1/C=C/c1ccccc1)C(=O)c1cc(O[C@H]3O[C@@H](C4CCCC4)[C@@H](O)[C@@H](O)[C@H]3O)c(Cc3cccc(C(N)N)c3)c(O)c1C2=O. The molecule has 0 unspecified atom stereocenters. The third-order valence-corrected chi connectivity index (χ3v) is 10.8. The smallest absolute Gasteiger partial charge is 0.308 e. The molecule has 0 bridgehead atoms. The van der Waals surface area contributed by atoms with Crippen molar-refractivity contribution >= 4 is 29.7 Å². The number of rotatable bonds is 10. The minimum absolute atomic E-state index is 0.00718. The minimum atomic E-state index is -1.74. The Morgan fingerprint density at radius 2 is 1.61 bits per heavy atom. The monoisotopic (exact) mass is 764 g/mol. The summed E-state index contributed by atoms with van der Waals surface area (Å²) in [5.41, 5.74) is 12.9. The lowest BCUT2D eigenvalue weighted by Crippen LogP contribution is -2.60. The second-order valence-electron chi connectivity index (χ2n) is 14.5. The van der Waals surface area contributed by atoms with E-state index < -0.39 is 66.8 Å². The Kier molecular flexibility index (Phi) is 11.2. The molecular weight excluding hydrogens is 720 g/mol. The predicted molar refractivity (Wildman–Crippen MR) is 204 cm³/mol. The van der Waals surface area contributed by atoms with E-state index in [9.17, 15) is 39.9 Å². The Labute approximate surface area is 322 Å². The van der Waals surface area contributed by atoms with Crippen molar-refractivity contribution in [2.45, 2.75) is 82.5 Å². The van der Waals surface area contributed by atoms with E-state index in [4.69, 9.17) is 25.7 Å². The van der Waals surface area contributed by atoms with Crippen molar-refractivity contribution < 1.29 is 54.1 Å². The summed E-state index contributed by atoms with van der Waals surface area (Å²) in [6, 6.07) is 18.6. The molecular formula is C43H44N2O11. The zero-order chi connectivity index (χ0) is 39.8. The number of hydrogen-bond acceptors (Lipinski definition) is 13. The van der Waals surface area contributed by atoms with Gasteiger partial charge in [0.05, 0.1) is 24.4 Å². The maximum Gasteiger partial charge on any atom is 0.308 e. The summed E-state index contributed by atoms with van der Waals surface area (Å²) in [7, 11) is 0. The van der Waals surface area contributed by atoms with Crippen LogP contribution in [0.3, 0.4) is 0 Å². The van der Waals surface area contributed by atoms with Gasteiger partial charge in [0.1, 0.15) is 35.6 Å². The second kappa shape index (κ2) is 16.1. The molecule has 1 aliphatic heterocycles. The molecule has 0 aromatic heterocycles. The summed E-state index contributed by atoms with van der Waals surface area (Å²) >= 11 is 0. The number of phenolic OH excluding ortho intramolecular Hbond substituents is 1. The average Bonchev–Trinajstić information content (AvgIpc) is 3.72. The molecule has 2 aliphatic carbocycles. The lowest BCUT2D eigenvalue weighted by atomic mass is 9.77. The summed E-state index contributed by atoms with van der Waals surface area (Å²) < 4.78 is 18.0.